The van der Waals surface area contributed by atoms with Crippen LogP contribution in [0.2, 0.25) is 0 Å². The van der Waals surface area contributed by atoms with Gasteiger partial charge in [0.25, 0.3) is 11.8 Å². The Bertz CT molecular complexity index is 1020. The van der Waals surface area contributed by atoms with E-state index in [2.05, 4.69) is 26.6 Å². The van der Waals surface area contributed by atoms with Crippen LogP contribution in [-0.4, -0.2) is 85.0 Å². The molecule has 1 heterocycles. The number of hydrogen-bond donors (Lipinski definition) is 5. The predicted octanol–water partition coefficient (Wildman–Crippen LogP) is -2.88. The highest BCUT2D eigenvalue weighted by atomic mass is 16.2. The van der Waals surface area contributed by atoms with E-state index < -0.39 is 61.1 Å². The summed E-state index contributed by atoms with van der Waals surface area (Å²) in [5.74, 6) is -4.30. The summed E-state index contributed by atoms with van der Waals surface area (Å²) >= 11 is 0. The van der Waals surface area contributed by atoms with Crippen molar-refractivity contribution in [2.75, 3.05) is 32.7 Å². The number of nitrogens with zero attached hydrogens (tertiary/aromatic N) is 1. The third-order valence-corrected chi connectivity index (χ3v) is 4.83. The van der Waals surface area contributed by atoms with Crippen molar-refractivity contribution in [1.29, 1.82) is 0 Å². The van der Waals surface area contributed by atoms with E-state index in [0.29, 0.717) is 11.4 Å². The molecule has 7 amide bonds. The van der Waals surface area contributed by atoms with Gasteiger partial charge in [-0.3, -0.25) is 38.5 Å². The summed E-state index contributed by atoms with van der Waals surface area (Å²) in [5, 5.41) is 12.1. The van der Waals surface area contributed by atoms with Crippen molar-refractivity contribution in [2.24, 2.45) is 0 Å². The van der Waals surface area contributed by atoms with Crippen LogP contribution in [0.3, 0.4) is 0 Å². The second kappa shape index (κ2) is 14.0. The molecule has 0 spiro atoms. The van der Waals surface area contributed by atoms with Gasteiger partial charge in [-0.15, -0.1) is 0 Å². The number of likely N-dealkylation sites (N-methyl/N-ethyl adjacent to an activating group) is 1. The van der Waals surface area contributed by atoms with Crippen molar-refractivity contribution in [3.8, 4) is 0 Å². The van der Waals surface area contributed by atoms with Crippen LogP contribution < -0.4 is 26.6 Å². The number of imide groups is 1. The zero-order valence-electron chi connectivity index (χ0n) is 19.7. The molecular weight excluding hydrogens is 472 g/mol. The SMILES string of the molecule is CCNC(=O)CNC(=O)[C@H](Cc1ccccc1)NC(=O)CNC(=O)CNC(=O)CN1C(=O)C=CC1=O. The summed E-state index contributed by atoms with van der Waals surface area (Å²) in [5.41, 5.74) is 0.771. The molecule has 5 N–H and O–H groups in total. The molecule has 1 aliphatic rings. The number of amides is 7. The Morgan fingerprint density at radius 3 is 1.94 bits per heavy atom. The molecule has 36 heavy (non-hydrogen) atoms. The van der Waals surface area contributed by atoms with Gasteiger partial charge < -0.3 is 26.6 Å². The van der Waals surface area contributed by atoms with Crippen LogP contribution in [0.4, 0.5) is 0 Å². The van der Waals surface area contributed by atoms with Gasteiger partial charge in [-0.05, 0) is 12.5 Å². The van der Waals surface area contributed by atoms with Crippen LogP contribution >= 0.6 is 0 Å². The zero-order valence-corrected chi connectivity index (χ0v) is 19.7. The van der Waals surface area contributed by atoms with E-state index in [1.165, 1.54) is 0 Å². The molecule has 1 aromatic carbocycles. The molecule has 1 atom stereocenters. The average Bonchev–Trinajstić information content (AvgIpc) is 3.17. The van der Waals surface area contributed by atoms with E-state index in [4.69, 9.17) is 0 Å². The van der Waals surface area contributed by atoms with Gasteiger partial charge in [-0.2, -0.15) is 0 Å². The lowest BCUT2D eigenvalue weighted by molar-refractivity contribution is -0.141. The predicted molar refractivity (Wildman–Crippen MR) is 126 cm³/mol. The molecule has 0 unspecified atom stereocenters. The minimum absolute atomic E-state index is 0.153. The van der Waals surface area contributed by atoms with Crippen LogP contribution in [0.1, 0.15) is 12.5 Å². The van der Waals surface area contributed by atoms with Gasteiger partial charge in [0.05, 0.1) is 19.6 Å². The standard InChI is InChI=1S/C23H28N6O7/c1-2-24-17(30)12-27-23(36)16(10-15-6-4-3-5-7-15)28-19(32)13-25-18(31)11-26-20(33)14-29-21(34)8-9-22(29)35/h3-9,16H,2,10-14H2,1H3,(H,24,30)(H,25,31)(H,26,33)(H,27,36)(H,28,32)/t16-/m0/s1. The zero-order chi connectivity index (χ0) is 26.5. The fraction of sp³-hybridized carbons (Fsp3) is 0.348. The van der Waals surface area contributed by atoms with Crippen LogP contribution in [0, 0.1) is 0 Å². The van der Waals surface area contributed by atoms with Gasteiger partial charge in [0.2, 0.25) is 29.5 Å². The molecular formula is C23H28N6O7. The van der Waals surface area contributed by atoms with E-state index in [9.17, 15) is 33.6 Å². The van der Waals surface area contributed by atoms with Crippen molar-refractivity contribution in [2.45, 2.75) is 19.4 Å². The molecule has 13 nitrogen and oxygen atoms in total. The molecule has 192 valence electrons. The van der Waals surface area contributed by atoms with Gasteiger partial charge in [0, 0.05) is 25.1 Å². The maximum Gasteiger partial charge on any atom is 0.254 e. The van der Waals surface area contributed by atoms with Crippen molar-refractivity contribution in [3.05, 3.63) is 48.0 Å². The first-order valence-corrected chi connectivity index (χ1v) is 11.1. The lowest BCUT2D eigenvalue weighted by Gasteiger charge is -2.19. The highest BCUT2D eigenvalue weighted by Gasteiger charge is 2.26. The highest BCUT2D eigenvalue weighted by molar-refractivity contribution is 6.14. The molecule has 2 rings (SSSR count). The molecule has 0 radical (unpaired) electrons. The van der Waals surface area contributed by atoms with Gasteiger partial charge in [0.15, 0.2) is 0 Å². The molecule has 0 saturated carbocycles. The van der Waals surface area contributed by atoms with E-state index in [-0.39, 0.29) is 18.9 Å². The lowest BCUT2D eigenvalue weighted by atomic mass is 10.1. The van der Waals surface area contributed by atoms with Crippen molar-refractivity contribution in [1.82, 2.24) is 31.5 Å². The molecule has 0 aromatic heterocycles. The minimum Gasteiger partial charge on any atom is -0.355 e. The topological polar surface area (TPSA) is 183 Å². The largest absolute Gasteiger partial charge is 0.355 e. The normalized spacial score (nSPS) is 13.1. The average molecular weight is 501 g/mol. The van der Waals surface area contributed by atoms with Crippen LogP contribution in [0.15, 0.2) is 42.5 Å². The van der Waals surface area contributed by atoms with E-state index >= 15 is 0 Å². The molecule has 1 aliphatic heterocycles. The second-order valence-corrected chi connectivity index (χ2v) is 7.63. The molecule has 1 aromatic rings. The maximum absolute atomic E-state index is 12.6. The summed E-state index contributed by atoms with van der Waals surface area (Å²) in [6.45, 7) is 0.391. The Kier molecular flexibility index (Phi) is 10.8. The van der Waals surface area contributed by atoms with Crippen molar-refractivity contribution >= 4 is 41.4 Å². The first kappa shape index (κ1) is 27.7. The van der Waals surface area contributed by atoms with E-state index in [1.807, 2.05) is 0 Å². The van der Waals surface area contributed by atoms with E-state index in [0.717, 1.165) is 17.7 Å². The van der Waals surface area contributed by atoms with Gasteiger partial charge >= 0.3 is 0 Å². The van der Waals surface area contributed by atoms with Gasteiger partial charge in [-0.25, -0.2) is 0 Å². The van der Waals surface area contributed by atoms with E-state index in [1.54, 1.807) is 37.3 Å². The summed E-state index contributed by atoms with van der Waals surface area (Å²) < 4.78 is 0. The highest BCUT2D eigenvalue weighted by Crippen LogP contribution is 2.04. The molecule has 0 aliphatic carbocycles. The Labute approximate surface area is 207 Å². The second-order valence-electron chi connectivity index (χ2n) is 7.63. The van der Waals surface area contributed by atoms with Gasteiger partial charge in [0.1, 0.15) is 12.6 Å². The maximum atomic E-state index is 12.6. The number of benzene rings is 1. The molecule has 0 bridgehead atoms. The molecule has 0 fully saturated rings. The number of carbonyl (C=O) groups is 7. The smallest absolute Gasteiger partial charge is 0.254 e. The Hall–Kier alpha value is -4.55. The number of nitrogens with one attached hydrogen (secondary N) is 5. The molecule has 0 saturated heterocycles. The van der Waals surface area contributed by atoms with Crippen molar-refractivity contribution in [3.63, 3.8) is 0 Å². The molecule has 13 heteroatoms. The summed E-state index contributed by atoms with van der Waals surface area (Å²) in [6.07, 6.45) is 2.22. The first-order chi connectivity index (χ1) is 17.2. The Morgan fingerprint density at radius 1 is 0.750 bits per heavy atom. The fourth-order valence-corrected chi connectivity index (χ4v) is 3.06. The number of rotatable bonds is 13. The third-order valence-electron chi connectivity index (χ3n) is 4.83. The first-order valence-electron chi connectivity index (χ1n) is 11.1. The van der Waals surface area contributed by atoms with Crippen molar-refractivity contribution < 1.29 is 33.6 Å². The summed E-state index contributed by atoms with van der Waals surface area (Å²) in [4.78, 5) is 84.1. The Balaban J connectivity index is 1.81. The third kappa shape index (κ3) is 9.37. The number of hydrogen-bond acceptors (Lipinski definition) is 7. The van der Waals surface area contributed by atoms with Crippen LogP contribution in [-0.2, 0) is 40.0 Å². The van der Waals surface area contributed by atoms with Crippen LogP contribution in [0.25, 0.3) is 0 Å². The summed E-state index contributed by atoms with van der Waals surface area (Å²) in [7, 11) is 0. The van der Waals surface area contributed by atoms with Gasteiger partial charge in [-0.1, -0.05) is 30.3 Å². The van der Waals surface area contributed by atoms with Crippen LogP contribution in [0.5, 0.6) is 0 Å². The monoisotopic (exact) mass is 500 g/mol. The lowest BCUT2D eigenvalue weighted by Crippen LogP contribution is -2.52. The fourth-order valence-electron chi connectivity index (χ4n) is 3.06. The quantitative estimate of drug-likeness (QED) is 0.180. The number of carbonyl (C=O) groups excluding carboxylic acids is 7. The summed E-state index contributed by atoms with van der Waals surface area (Å²) in [6, 6.07) is 7.91. The minimum atomic E-state index is -1.00. The Morgan fingerprint density at radius 2 is 1.31 bits per heavy atom.